The lowest BCUT2D eigenvalue weighted by Gasteiger charge is -2.27. The summed E-state index contributed by atoms with van der Waals surface area (Å²) in [4.78, 5) is 23.1. The van der Waals surface area contributed by atoms with E-state index < -0.39 is 17.9 Å². The number of carboxylic acids is 1. The van der Waals surface area contributed by atoms with Crippen LogP contribution in [-0.2, 0) is 20.7 Å². The molecule has 1 aliphatic rings. The number of aliphatic carboxylic acids is 1. The van der Waals surface area contributed by atoms with Crippen molar-refractivity contribution in [3.63, 3.8) is 0 Å². The van der Waals surface area contributed by atoms with E-state index in [1.165, 1.54) is 11.1 Å². The third-order valence-electron chi connectivity index (χ3n) is 3.88. The lowest BCUT2D eigenvalue weighted by Crippen LogP contribution is -2.28. The van der Waals surface area contributed by atoms with Gasteiger partial charge in [0.05, 0.1) is 6.61 Å². The molecule has 0 bridgehead atoms. The van der Waals surface area contributed by atoms with E-state index in [4.69, 9.17) is 4.74 Å². The van der Waals surface area contributed by atoms with Crippen molar-refractivity contribution in [1.29, 1.82) is 0 Å². The molecule has 0 fully saturated rings. The molecule has 4 nitrogen and oxygen atoms in total. The normalized spacial score (nSPS) is 18.9. The highest BCUT2D eigenvalue weighted by Crippen LogP contribution is 2.36. The molecule has 1 N–H and O–H groups in total. The molecule has 2 unspecified atom stereocenters. The van der Waals surface area contributed by atoms with Gasteiger partial charge in [0.2, 0.25) is 0 Å². The molecule has 4 heteroatoms. The monoisotopic (exact) mass is 276 g/mol. The highest BCUT2D eigenvalue weighted by Gasteiger charge is 2.32. The number of hydrogen-bond acceptors (Lipinski definition) is 3. The number of rotatable bonds is 5. The van der Waals surface area contributed by atoms with Crippen LogP contribution in [0.25, 0.3) is 0 Å². The first-order valence-electron chi connectivity index (χ1n) is 7.10. The van der Waals surface area contributed by atoms with E-state index in [0.29, 0.717) is 6.42 Å². The van der Waals surface area contributed by atoms with E-state index >= 15 is 0 Å². The molecule has 0 saturated heterocycles. The molecule has 2 atom stereocenters. The number of aryl methyl sites for hydroxylation is 1. The predicted octanol–water partition coefficient (Wildman–Crippen LogP) is 2.76. The molecule has 0 spiro atoms. The Balaban J connectivity index is 2.16. The molecular formula is C16H20O4. The summed E-state index contributed by atoms with van der Waals surface area (Å²) in [6, 6.07) is 8.10. The summed E-state index contributed by atoms with van der Waals surface area (Å²) in [6.07, 6.45) is 3.33. The zero-order valence-electron chi connectivity index (χ0n) is 11.7. The van der Waals surface area contributed by atoms with E-state index in [9.17, 15) is 14.7 Å². The van der Waals surface area contributed by atoms with E-state index in [0.717, 1.165) is 19.3 Å². The highest BCUT2D eigenvalue weighted by atomic mass is 16.5. The van der Waals surface area contributed by atoms with Gasteiger partial charge in [0.15, 0.2) is 5.92 Å². The average Bonchev–Trinajstić information content (AvgIpc) is 2.44. The van der Waals surface area contributed by atoms with Crippen molar-refractivity contribution in [2.45, 2.75) is 38.5 Å². The fourth-order valence-electron chi connectivity index (χ4n) is 2.92. The van der Waals surface area contributed by atoms with Crippen LogP contribution in [0.5, 0.6) is 0 Å². The van der Waals surface area contributed by atoms with Crippen LogP contribution >= 0.6 is 0 Å². The van der Waals surface area contributed by atoms with E-state index in [1.807, 2.05) is 18.2 Å². The molecule has 1 aromatic carbocycles. The van der Waals surface area contributed by atoms with Gasteiger partial charge in [0, 0.05) is 0 Å². The lowest BCUT2D eigenvalue weighted by molar-refractivity contribution is -0.158. The van der Waals surface area contributed by atoms with Crippen LogP contribution < -0.4 is 0 Å². The zero-order chi connectivity index (χ0) is 14.5. The quantitative estimate of drug-likeness (QED) is 0.663. The third kappa shape index (κ3) is 3.18. The number of ether oxygens (including phenoxy) is 1. The molecule has 1 aromatic rings. The topological polar surface area (TPSA) is 63.6 Å². The maximum atomic E-state index is 11.8. The van der Waals surface area contributed by atoms with Crippen molar-refractivity contribution < 1.29 is 19.4 Å². The van der Waals surface area contributed by atoms with Gasteiger partial charge >= 0.3 is 11.9 Å². The van der Waals surface area contributed by atoms with Gasteiger partial charge in [-0.2, -0.15) is 0 Å². The molecule has 108 valence electrons. The standard InChI is InChI=1S/C16H20O4/c1-2-20-16(19)14(15(17)18)10-12-8-5-7-11-6-3-4-9-13(11)12/h3-4,6,9,12,14H,2,5,7-8,10H2,1H3,(H,17,18). The Hall–Kier alpha value is -1.84. The predicted molar refractivity (Wildman–Crippen MR) is 74.5 cm³/mol. The van der Waals surface area contributed by atoms with Gasteiger partial charge in [0.25, 0.3) is 0 Å². The first kappa shape index (κ1) is 14.6. The first-order valence-corrected chi connectivity index (χ1v) is 7.10. The van der Waals surface area contributed by atoms with Crippen molar-refractivity contribution in [3.05, 3.63) is 35.4 Å². The maximum Gasteiger partial charge on any atom is 0.320 e. The SMILES string of the molecule is CCOC(=O)C(CC1CCCc2ccccc21)C(=O)O. The number of esters is 1. The molecule has 20 heavy (non-hydrogen) atoms. The highest BCUT2D eigenvalue weighted by molar-refractivity contribution is 5.94. The minimum Gasteiger partial charge on any atom is -0.481 e. The first-order chi connectivity index (χ1) is 9.63. The molecule has 0 aliphatic heterocycles. The average molecular weight is 276 g/mol. The van der Waals surface area contributed by atoms with E-state index in [1.54, 1.807) is 6.92 Å². The molecule has 1 aliphatic carbocycles. The zero-order valence-corrected chi connectivity index (χ0v) is 11.7. The molecule has 0 radical (unpaired) electrons. The Kier molecular flexibility index (Phi) is 4.77. The summed E-state index contributed by atoms with van der Waals surface area (Å²) < 4.78 is 4.88. The minimum atomic E-state index is -1.09. The largest absolute Gasteiger partial charge is 0.481 e. The second-order valence-electron chi connectivity index (χ2n) is 5.17. The van der Waals surface area contributed by atoms with Crippen molar-refractivity contribution in [3.8, 4) is 0 Å². The van der Waals surface area contributed by atoms with Gasteiger partial charge in [-0.1, -0.05) is 24.3 Å². The number of hydrogen-bond donors (Lipinski definition) is 1. The molecule has 0 amide bonds. The molecule has 0 saturated carbocycles. The number of fused-ring (bicyclic) bond motifs is 1. The molecular weight excluding hydrogens is 256 g/mol. The number of carboxylic acid groups (broad SMARTS) is 1. The van der Waals surface area contributed by atoms with Crippen LogP contribution in [0.3, 0.4) is 0 Å². The Morgan fingerprint density at radius 3 is 2.85 bits per heavy atom. The van der Waals surface area contributed by atoms with Crippen molar-refractivity contribution in [1.82, 2.24) is 0 Å². The minimum absolute atomic E-state index is 0.130. The Morgan fingerprint density at radius 1 is 1.40 bits per heavy atom. The Labute approximate surface area is 118 Å². The van der Waals surface area contributed by atoms with Crippen LogP contribution in [0.4, 0.5) is 0 Å². The van der Waals surface area contributed by atoms with Gasteiger partial charge in [-0.25, -0.2) is 0 Å². The second-order valence-corrected chi connectivity index (χ2v) is 5.17. The lowest BCUT2D eigenvalue weighted by atomic mass is 9.78. The van der Waals surface area contributed by atoms with Crippen LogP contribution in [-0.4, -0.2) is 23.7 Å². The van der Waals surface area contributed by atoms with Crippen molar-refractivity contribution in [2.24, 2.45) is 5.92 Å². The summed E-state index contributed by atoms with van der Waals surface area (Å²) in [5.74, 6) is -2.65. The van der Waals surface area contributed by atoms with Gasteiger partial charge in [-0.05, 0) is 49.7 Å². The van der Waals surface area contributed by atoms with Crippen LogP contribution in [0.1, 0.15) is 43.2 Å². The molecule has 0 aromatic heterocycles. The fraction of sp³-hybridized carbons (Fsp3) is 0.500. The fourth-order valence-corrected chi connectivity index (χ4v) is 2.92. The van der Waals surface area contributed by atoms with Crippen LogP contribution in [0.15, 0.2) is 24.3 Å². The Morgan fingerprint density at radius 2 is 2.15 bits per heavy atom. The second kappa shape index (κ2) is 6.55. The summed E-state index contributed by atoms with van der Waals surface area (Å²) in [6.45, 7) is 1.90. The number of carbonyl (C=O) groups is 2. The summed E-state index contributed by atoms with van der Waals surface area (Å²) in [7, 11) is 0. The van der Waals surface area contributed by atoms with Crippen molar-refractivity contribution in [2.75, 3.05) is 6.61 Å². The maximum absolute atomic E-state index is 11.8. The Bertz CT molecular complexity index is 495. The van der Waals surface area contributed by atoms with Gasteiger partial charge < -0.3 is 9.84 Å². The third-order valence-corrected chi connectivity index (χ3v) is 3.88. The van der Waals surface area contributed by atoms with Gasteiger partial charge in [-0.15, -0.1) is 0 Å². The van der Waals surface area contributed by atoms with Gasteiger partial charge in [-0.3, -0.25) is 9.59 Å². The van der Waals surface area contributed by atoms with Gasteiger partial charge in [0.1, 0.15) is 0 Å². The summed E-state index contributed by atoms with van der Waals surface area (Å²) in [5, 5.41) is 9.25. The molecule has 2 rings (SSSR count). The number of benzene rings is 1. The van der Waals surface area contributed by atoms with Crippen LogP contribution in [0, 0.1) is 5.92 Å². The van der Waals surface area contributed by atoms with E-state index in [-0.39, 0.29) is 12.5 Å². The molecule has 0 heterocycles. The van der Waals surface area contributed by atoms with E-state index in [2.05, 4.69) is 6.07 Å². The smallest absolute Gasteiger partial charge is 0.320 e. The number of carbonyl (C=O) groups excluding carboxylic acids is 1. The summed E-state index contributed by atoms with van der Waals surface area (Å²) >= 11 is 0. The van der Waals surface area contributed by atoms with Crippen molar-refractivity contribution >= 4 is 11.9 Å². The van der Waals surface area contributed by atoms with Crippen LogP contribution in [0.2, 0.25) is 0 Å². The summed E-state index contributed by atoms with van der Waals surface area (Å²) in [5.41, 5.74) is 2.46.